The number of rotatable bonds is 18. The van der Waals surface area contributed by atoms with E-state index in [2.05, 4.69) is 16.0 Å². The van der Waals surface area contributed by atoms with Gasteiger partial charge < -0.3 is 99.6 Å². The number of carbonyl (C=O) groups excluding carboxylic acids is 8. The second kappa shape index (κ2) is 26.4. The van der Waals surface area contributed by atoms with Crippen LogP contribution < -0.4 is 27.4 Å². The van der Waals surface area contributed by atoms with Gasteiger partial charge in [0.2, 0.25) is 17.7 Å². The van der Waals surface area contributed by atoms with E-state index in [1.807, 2.05) is 20.8 Å². The number of ketones is 1. The number of nitrogens with one attached hydrogen (secondary N) is 3. The molecule has 0 aromatic rings. The van der Waals surface area contributed by atoms with Gasteiger partial charge in [0.05, 0.1) is 43.1 Å². The molecule has 28 heteroatoms. The molecule has 5 amide bonds. The van der Waals surface area contributed by atoms with Crippen molar-refractivity contribution in [2.45, 2.75) is 226 Å². The molecule has 5 aliphatic heterocycles. The Balaban J connectivity index is 1.35. The molecular weight excluding hydrogens is 1060 g/mol. The summed E-state index contributed by atoms with van der Waals surface area (Å²) in [4.78, 5) is 102. The number of aliphatic hydroxyl groups is 3. The van der Waals surface area contributed by atoms with Gasteiger partial charge in [-0.2, -0.15) is 0 Å². The molecule has 5 fully saturated rings. The number of hydrogen-bond donors (Lipinski definition) is 8. The minimum absolute atomic E-state index is 0.0116. The molecule has 452 valence electrons. The number of esters is 2. The summed E-state index contributed by atoms with van der Waals surface area (Å²) < 4.78 is 74.6. The molecule has 25 atom stereocenters. The van der Waals surface area contributed by atoms with Gasteiger partial charge in [0.25, 0.3) is 5.91 Å². The highest BCUT2D eigenvalue weighted by molar-refractivity contribution is 6.02. The van der Waals surface area contributed by atoms with E-state index in [9.17, 15) is 53.7 Å². The summed E-state index contributed by atoms with van der Waals surface area (Å²) in [6, 6.07) is -2.33. The van der Waals surface area contributed by atoms with Crippen LogP contribution in [-0.4, -0.2) is 186 Å². The average molecular weight is 1140 g/mol. The molecule has 6 aliphatic rings. The lowest BCUT2D eigenvalue weighted by Gasteiger charge is -2.52. The zero-order valence-corrected chi connectivity index (χ0v) is 47.3. The van der Waals surface area contributed by atoms with Crippen LogP contribution in [0.1, 0.15) is 109 Å². The maximum atomic E-state index is 13.8. The molecule has 28 nitrogen and oxygen atoms in total. The number of aliphatic hydroxyl groups excluding tert-OH is 2. The van der Waals surface area contributed by atoms with E-state index in [0.717, 1.165) is 6.92 Å². The summed E-state index contributed by atoms with van der Waals surface area (Å²) in [5, 5.41) is 41.5. The average Bonchev–Trinajstić information content (AvgIpc) is 3.68. The number of hydrogen-bond acceptors (Lipinski definition) is 23. The molecule has 0 saturated carbocycles. The van der Waals surface area contributed by atoms with Crippen LogP contribution in [0.25, 0.3) is 0 Å². The van der Waals surface area contributed by atoms with Crippen LogP contribution in [0.4, 0.5) is 4.79 Å². The monoisotopic (exact) mass is 1140 g/mol. The van der Waals surface area contributed by atoms with Gasteiger partial charge in [-0.15, -0.1) is 0 Å². The molecule has 0 aromatic heterocycles. The molecule has 0 spiro atoms. The SMILES string of the molecule is CCC1O[C@@H](OCC2O[C@@H](OC3[C@H](O)OC(C(N)=O)[C@@](C)(O)[C@@H]3OC(N)=O)C(NC(C)=O)[C@@H](C)[C@@H]2O[C@@H]2OC(C)[C@@H](O[C@@H]3OC(C(=O)NC4=C(O)CCC4=O)[C@H](C)[C@H](C)C3OC(C)=O)[C@H](C)C2NC(C)=O)C(OC(C)=O)[C@@H](C)[C@@H]1C. The van der Waals surface area contributed by atoms with Gasteiger partial charge in [0.1, 0.15) is 29.3 Å². The Hall–Kier alpha value is -5.14. The Morgan fingerprint density at radius 2 is 1.16 bits per heavy atom. The molecule has 0 radical (unpaired) electrons. The first-order valence-corrected chi connectivity index (χ1v) is 27.0. The first-order valence-electron chi connectivity index (χ1n) is 27.0. The van der Waals surface area contributed by atoms with Gasteiger partial charge in [-0.3, -0.25) is 33.6 Å². The number of nitrogens with two attached hydrogens (primary N) is 2. The Kier molecular flexibility index (Phi) is 21.1. The fourth-order valence-corrected chi connectivity index (χ4v) is 11.6. The first kappa shape index (κ1) is 64.0. The minimum atomic E-state index is -2.47. The lowest BCUT2D eigenvalue weighted by Crippen LogP contribution is -2.71. The Bertz CT molecular complexity index is 2320. The third kappa shape index (κ3) is 14.2. The van der Waals surface area contributed by atoms with Gasteiger partial charge in [0, 0.05) is 64.2 Å². The van der Waals surface area contributed by atoms with Gasteiger partial charge in [-0.05, 0) is 32.1 Å². The minimum Gasteiger partial charge on any atom is -0.510 e. The molecule has 5 heterocycles. The Morgan fingerprint density at radius 3 is 1.69 bits per heavy atom. The van der Waals surface area contributed by atoms with Crippen molar-refractivity contribution in [2.24, 2.45) is 47.0 Å². The number of carbonyl (C=O) groups is 8. The largest absolute Gasteiger partial charge is 0.510 e. The van der Waals surface area contributed by atoms with Crippen LogP contribution in [0.15, 0.2) is 11.5 Å². The number of allylic oxidation sites excluding steroid dienone is 2. The highest BCUT2D eigenvalue weighted by Gasteiger charge is 2.60. The summed E-state index contributed by atoms with van der Waals surface area (Å²) >= 11 is 0. The van der Waals surface area contributed by atoms with Crippen molar-refractivity contribution >= 4 is 47.4 Å². The molecule has 1 aliphatic carbocycles. The second-order valence-corrected chi connectivity index (χ2v) is 22.1. The molecule has 6 rings (SSSR count). The van der Waals surface area contributed by atoms with E-state index >= 15 is 0 Å². The predicted molar refractivity (Wildman–Crippen MR) is 270 cm³/mol. The first-order chi connectivity index (χ1) is 37.4. The van der Waals surface area contributed by atoms with Crippen LogP contribution in [0.5, 0.6) is 0 Å². The maximum absolute atomic E-state index is 13.8. The summed E-state index contributed by atoms with van der Waals surface area (Å²) in [5.74, 6) is -8.34. The number of amides is 5. The third-order valence-corrected chi connectivity index (χ3v) is 16.3. The molecule has 0 aromatic carbocycles. The fraction of sp³-hybridized carbons (Fsp3) is 0.808. The van der Waals surface area contributed by atoms with Crippen LogP contribution in [0.3, 0.4) is 0 Å². The molecule has 10 unspecified atom stereocenters. The number of ether oxygens (including phenoxy) is 12. The lowest BCUT2D eigenvalue weighted by molar-refractivity contribution is -0.369. The quantitative estimate of drug-likeness (QED) is 0.0653. The van der Waals surface area contributed by atoms with E-state index in [0.29, 0.717) is 6.42 Å². The van der Waals surface area contributed by atoms with Crippen molar-refractivity contribution in [3.8, 4) is 0 Å². The Labute approximate surface area is 463 Å². The summed E-state index contributed by atoms with van der Waals surface area (Å²) in [7, 11) is 0. The standard InChI is InChI=1S/C52H81N5O23/c1-14-31-18(2)19(3)39(71-27(11)60)49(73-31)69-17-32-37(23(7)34(56-26(10)59)48(74-32)78-41-42(80-51(54)67)52(13,68)43(44(53)64)79-46(41)66)76-47-33(55-25(9)58)22(6)36(24(8)70-47)75-50-40(72-28(12)61)21(5)20(4)38(77-50)45(65)57-35-29(62)15-16-30(35)63/h18-24,31-34,36-43,46-50,62,66,68H,14-17H2,1-13H3,(H2,53,64)(H2,54,67)(H,55,58)(H,56,59)(H,57,65)/t18-,19-,20+,21-,22+,23+,24?,31?,32?,33?,34?,36-,37-,38?,39?,40?,41?,42+,43?,46+,47-,48-,49+,50+,52-/m0/s1. The van der Waals surface area contributed by atoms with Crippen LogP contribution in [0, 0.1) is 35.5 Å². The Morgan fingerprint density at radius 1 is 0.637 bits per heavy atom. The molecule has 0 bridgehead atoms. The lowest BCUT2D eigenvalue weighted by atomic mass is 9.82. The van der Waals surface area contributed by atoms with E-state index in [4.69, 9.17) is 68.3 Å². The van der Waals surface area contributed by atoms with Crippen molar-refractivity contribution < 1.29 is 111 Å². The van der Waals surface area contributed by atoms with Crippen molar-refractivity contribution in [1.82, 2.24) is 16.0 Å². The van der Waals surface area contributed by atoms with E-state index in [-0.39, 0.29) is 42.2 Å². The molecule has 10 N–H and O–H groups in total. The van der Waals surface area contributed by atoms with E-state index in [1.54, 1.807) is 34.6 Å². The number of Topliss-reactive ketones (excluding diaryl/α,β-unsaturated/α-hetero) is 1. The fourth-order valence-electron chi connectivity index (χ4n) is 11.6. The highest BCUT2D eigenvalue weighted by Crippen LogP contribution is 2.42. The summed E-state index contributed by atoms with van der Waals surface area (Å²) in [5.41, 5.74) is 8.20. The van der Waals surface area contributed by atoms with Crippen molar-refractivity contribution in [1.29, 1.82) is 0 Å². The zero-order valence-electron chi connectivity index (χ0n) is 47.3. The smallest absolute Gasteiger partial charge is 0.404 e. The summed E-state index contributed by atoms with van der Waals surface area (Å²) in [6.07, 6.45) is -22.5. The van der Waals surface area contributed by atoms with E-state index in [1.165, 1.54) is 27.7 Å². The second-order valence-electron chi connectivity index (χ2n) is 22.1. The zero-order chi connectivity index (χ0) is 59.6. The van der Waals surface area contributed by atoms with Gasteiger partial charge in [0.15, 0.2) is 67.8 Å². The number of primary amides is 2. The highest BCUT2D eigenvalue weighted by atomic mass is 16.8. The van der Waals surface area contributed by atoms with Crippen LogP contribution >= 0.6 is 0 Å². The van der Waals surface area contributed by atoms with E-state index < -0.39 is 188 Å². The van der Waals surface area contributed by atoms with Gasteiger partial charge >= 0.3 is 18.0 Å². The van der Waals surface area contributed by atoms with Gasteiger partial charge in [-0.25, -0.2) is 4.79 Å². The normalized spacial score (nSPS) is 42.2. The maximum Gasteiger partial charge on any atom is 0.404 e. The van der Waals surface area contributed by atoms with Gasteiger partial charge in [-0.1, -0.05) is 48.5 Å². The predicted octanol–water partition coefficient (Wildman–Crippen LogP) is -0.156. The van der Waals surface area contributed by atoms with Crippen molar-refractivity contribution in [2.75, 3.05) is 6.61 Å². The van der Waals surface area contributed by atoms with Crippen LogP contribution in [-0.2, 0) is 90.4 Å². The van der Waals surface area contributed by atoms with Crippen molar-refractivity contribution in [3.05, 3.63) is 11.5 Å². The topological polar surface area (TPSA) is 396 Å². The third-order valence-electron chi connectivity index (χ3n) is 16.3. The molecule has 5 saturated heterocycles. The molecular formula is C52H81N5O23. The summed E-state index contributed by atoms with van der Waals surface area (Å²) in [6.45, 7) is 19.8. The van der Waals surface area contributed by atoms with Crippen LogP contribution in [0.2, 0.25) is 0 Å². The van der Waals surface area contributed by atoms with Crippen molar-refractivity contribution in [3.63, 3.8) is 0 Å². The molecule has 80 heavy (non-hydrogen) atoms.